The van der Waals surface area contributed by atoms with Gasteiger partial charge in [-0.3, -0.25) is 9.78 Å². The summed E-state index contributed by atoms with van der Waals surface area (Å²) in [6.07, 6.45) is 2.30. The molecule has 180 valence electrons. The zero-order valence-corrected chi connectivity index (χ0v) is 20.2. The van der Waals surface area contributed by atoms with E-state index in [1.807, 2.05) is 12.1 Å². The number of likely N-dealkylation sites (tertiary alicyclic amines) is 1. The Balaban J connectivity index is 1.50. The van der Waals surface area contributed by atoms with Crippen molar-refractivity contribution in [2.45, 2.75) is 25.9 Å². The Morgan fingerprint density at radius 3 is 2.79 bits per heavy atom. The van der Waals surface area contributed by atoms with Gasteiger partial charge in [-0.05, 0) is 67.6 Å². The van der Waals surface area contributed by atoms with Gasteiger partial charge in [0.25, 0.3) is 5.91 Å². The number of hydrogen-bond donors (Lipinski definition) is 1. The maximum Gasteiger partial charge on any atom is 0.263 e. The third-order valence-corrected chi connectivity index (χ3v) is 7.14. The maximum absolute atomic E-state index is 13.5. The number of fused-ring (bicyclic) bond motifs is 1. The fourth-order valence-corrected chi connectivity index (χ4v) is 5.58. The summed E-state index contributed by atoms with van der Waals surface area (Å²) in [6.45, 7) is 2.55. The molecule has 1 saturated heterocycles. The summed E-state index contributed by atoms with van der Waals surface area (Å²) in [6, 6.07) is 11.4. The second-order valence-corrected chi connectivity index (χ2v) is 10.6. The number of hydrogen-bond acceptors (Lipinski definition) is 5. The van der Waals surface area contributed by atoms with Crippen LogP contribution in [-0.2, 0) is 14.8 Å². The van der Waals surface area contributed by atoms with Gasteiger partial charge in [-0.25, -0.2) is 17.9 Å². The van der Waals surface area contributed by atoms with E-state index in [9.17, 15) is 17.6 Å². The Hall–Kier alpha value is -2.75. The summed E-state index contributed by atoms with van der Waals surface area (Å²) in [5.41, 5.74) is 2.13. The molecule has 1 unspecified atom stereocenters. The summed E-state index contributed by atoms with van der Waals surface area (Å²) in [5.74, 6) is -0.462. The van der Waals surface area contributed by atoms with E-state index in [4.69, 9.17) is 21.5 Å². The Morgan fingerprint density at radius 1 is 1.26 bits per heavy atom. The highest BCUT2D eigenvalue weighted by molar-refractivity contribution is 7.89. The van der Waals surface area contributed by atoms with Crippen LogP contribution in [0.25, 0.3) is 22.0 Å². The molecule has 2 aromatic carbocycles. The molecule has 7 nitrogen and oxygen atoms in total. The molecule has 0 bridgehead atoms. The van der Waals surface area contributed by atoms with Crippen LogP contribution in [0.2, 0.25) is 5.02 Å². The molecule has 34 heavy (non-hydrogen) atoms. The van der Waals surface area contributed by atoms with Crippen molar-refractivity contribution in [2.75, 3.05) is 18.8 Å². The van der Waals surface area contributed by atoms with Gasteiger partial charge in [-0.1, -0.05) is 11.6 Å². The molecule has 1 aliphatic rings. The topological polar surface area (TPSA) is 103 Å². The smallest absolute Gasteiger partial charge is 0.263 e. The van der Waals surface area contributed by atoms with Crippen LogP contribution in [0.3, 0.4) is 0 Å². The van der Waals surface area contributed by atoms with Crippen LogP contribution in [0.5, 0.6) is 5.75 Å². The van der Waals surface area contributed by atoms with Crippen molar-refractivity contribution < 1.29 is 22.3 Å². The minimum atomic E-state index is -3.59. The van der Waals surface area contributed by atoms with Crippen LogP contribution in [-0.4, -0.2) is 49.2 Å². The van der Waals surface area contributed by atoms with Crippen LogP contribution in [0, 0.1) is 11.7 Å². The molecule has 1 aromatic heterocycles. The highest BCUT2D eigenvalue weighted by Gasteiger charge is 2.29. The van der Waals surface area contributed by atoms with Gasteiger partial charge in [0.15, 0.2) is 6.10 Å². The van der Waals surface area contributed by atoms with Gasteiger partial charge in [0.1, 0.15) is 11.6 Å². The molecule has 0 radical (unpaired) electrons. The molecule has 0 saturated carbocycles. The third kappa shape index (κ3) is 5.65. The molecule has 2 atom stereocenters. The average molecular weight is 506 g/mol. The number of aromatic nitrogens is 1. The summed E-state index contributed by atoms with van der Waals surface area (Å²) in [4.78, 5) is 19.0. The number of amides is 1. The molecule has 10 heteroatoms. The Bertz CT molecular complexity index is 1340. The van der Waals surface area contributed by atoms with Crippen LogP contribution in [0.1, 0.15) is 19.8 Å². The minimum absolute atomic E-state index is 0.136. The lowest BCUT2D eigenvalue weighted by Crippen LogP contribution is -2.47. The van der Waals surface area contributed by atoms with Crippen LogP contribution < -0.4 is 9.88 Å². The minimum Gasteiger partial charge on any atom is -0.481 e. The van der Waals surface area contributed by atoms with E-state index in [0.717, 1.165) is 10.9 Å². The first-order valence-corrected chi connectivity index (χ1v) is 13.0. The van der Waals surface area contributed by atoms with Gasteiger partial charge in [-0.2, -0.15) is 0 Å². The number of nitrogens with zero attached hydrogens (tertiary/aromatic N) is 2. The Kier molecular flexibility index (Phi) is 7.06. The van der Waals surface area contributed by atoms with Gasteiger partial charge >= 0.3 is 0 Å². The number of benzene rings is 2. The van der Waals surface area contributed by atoms with E-state index in [2.05, 4.69) is 4.98 Å². The predicted octanol–water partition coefficient (Wildman–Crippen LogP) is 3.99. The fraction of sp³-hybridized carbons (Fsp3) is 0.333. The van der Waals surface area contributed by atoms with E-state index in [1.54, 1.807) is 36.2 Å². The molecular weight excluding hydrogens is 481 g/mol. The number of pyridine rings is 1. The van der Waals surface area contributed by atoms with Crippen molar-refractivity contribution in [2.24, 2.45) is 11.1 Å². The molecule has 0 spiro atoms. The molecule has 2 heterocycles. The highest BCUT2D eigenvalue weighted by atomic mass is 35.5. The number of halogens is 2. The Labute approximate surface area is 202 Å². The van der Waals surface area contributed by atoms with Gasteiger partial charge in [0.2, 0.25) is 10.0 Å². The van der Waals surface area contributed by atoms with Gasteiger partial charge in [0.05, 0.1) is 16.3 Å². The molecule has 1 fully saturated rings. The number of carbonyl (C=O) groups excluding carboxylic acids is 1. The lowest BCUT2D eigenvalue weighted by molar-refractivity contribution is -0.139. The molecule has 1 amide bonds. The van der Waals surface area contributed by atoms with Crippen LogP contribution >= 0.6 is 11.6 Å². The number of nitrogens with two attached hydrogens (primary N) is 1. The number of carbonyl (C=O) groups is 1. The predicted molar refractivity (Wildman–Crippen MR) is 130 cm³/mol. The van der Waals surface area contributed by atoms with Crippen LogP contribution in [0.15, 0.2) is 48.7 Å². The molecule has 2 N–H and O–H groups in total. The quantitative estimate of drug-likeness (QED) is 0.545. The van der Waals surface area contributed by atoms with Crippen molar-refractivity contribution in [1.82, 2.24) is 9.88 Å². The lowest BCUT2D eigenvalue weighted by atomic mass is 9.99. The van der Waals surface area contributed by atoms with Gasteiger partial charge in [-0.15, -0.1) is 0 Å². The standard InChI is InChI=1S/C24H25ClFN3O4S/c1-15(24(30)29-10-2-3-16(13-29)14-34(27,31)32)33-18-5-7-21-19(8-9-28-23(21)12-18)20-6-4-17(26)11-22(20)25/h4-9,11-12,15-16H,2-3,10,13-14H2,1H3,(H2,27,31,32)/t15-,16?/m1/s1. The first-order valence-electron chi connectivity index (χ1n) is 10.9. The third-order valence-electron chi connectivity index (χ3n) is 5.89. The SMILES string of the molecule is C[C@@H](Oc1ccc2c(-c3ccc(F)cc3Cl)ccnc2c1)C(=O)N1CCCC(CS(N)(=O)=O)C1. The second kappa shape index (κ2) is 9.85. The largest absolute Gasteiger partial charge is 0.481 e. The van der Waals surface area contributed by atoms with E-state index in [-0.39, 0.29) is 17.6 Å². The zero-order chi connectivity index (χ0) is 24.5. The first-order chi connectivity index (χ1) is 16.1. The lowest BCUT2D eigenvalue weighted by Gasteiger charge is -2.33. The molecular formula is C24H25ClFN3O4S. The van der Waals surface area contributed by atoms with Crippen molar-refractivity contribution in [3.63, 3.8) is 0 Å². The van der Waals surface area contributed by atoms with E-state index < -0.39 is 21.9 Å². The zero-order valence-electron chi connectivity index (χ0n) is 18.6. The van der Waals surface area contributed by atoms with Gasteiger partial charge < -0.3 is 9.64 Å². The maximum atomic E-state index is 13.5. The average Bonchev–Trinajstić information content (AvgIpc) is 2.77. The van der Waals surface area contributed by atoms with Gasteiger partial charge in [0, 0.05) is 36.3 Å². The molecule has 3 aromatic rings. The monoisotopic (exact) mass is 505 g/mol. The first kappa shape index (κ1) is 24.4. The highest BCUT2D eigenvalue weighted by Crippen LogP contribution is 2.34. The number of sulfonamides is 1. The molecule has 1 aliphatic heterocycles. The Morgan fingerprint density at radius 2 is 2.06 bits per heavy atom. The summed E-state index contributed by atoms with van der Waals surface area (Å²) in [5, 5.41) is 6.28. The molecule has 4 rings (SSSR count). The van der Waals surface area contributed by atoms with Crippen molar-refractivity contribution >= 4 is 38.4 Å². The second-order valence-electron chi connectivity index (χ2n) is 8.54. The molecule has 0 aliphatic carbocycles. The number of piperidine rings is 1. The number of rotatable bonds is 6. The fourth-order valence-electron chi connectivity index (χ4n) is 4.39. The number of ether oxygens (including phenoxy) is 1. The normalized spacial score (nSPS) is 17.5. The number of primary sulfonamides is 1. The van der Waals surface area contributed by atoms with Crippen molar-refractivity contribution in [3.8, 4) is 16.9 Å². The van der Waals surface area contributed by atoms with E-state index in [1.165, 1.54) is 12.1 Å². The van der Waals surface area contributed by atoms with E-state index >= 15 is 0 Å². The summed E-state index contributed by atoms with van der Waals surface area (Å²) < 4.78 is 42.2. The van der Waals surface area contributed by atoms with Crippen molar-refractivity contribution in [1.29, 1.82) is 0 Å². The van der Waals surface area contributed by atoms with E-state index in [0.29, 0.717) is 47.8 Å². The summed E-state index contributed by atoms with van der Waals surface area (Å²) in [7, 11) is -3.59. The van der Waals surface area contributed by atoms with Crippen molar-refractivity contribution in [3.05, 3.63) is 59.5 Å². The summed E-state index contributed by atoms with van der Waals surface area (Å²) >= 11 is 6.25. The van der Waals surface area contributed by atoms with Crippen LogP contribution in [0.4, 0.5) is 4.39 Å².